The largest absolute Gasteiger partial charge is 0.508 e. The molecular weight excluding hydrogens is 170 g/mol. The van der Waals surface area contributed by atoms with E-state index in [9.17, 15) is 4.79 Å². The number of phenols is 1. The molecular formula is C9H9NO3. The van der Waals surface area contributed by atoms with Gasteiger partial charge in [0.2, 0.25) is 0 Å². The first kappa shape index (κ1) is 9.12. The lowest BCUT2D eigenvalue weighted by atomic mass is 10.1. The smallest absolute Gasteiger partial charge is 0.330 e. The minimum Gasteiger partial charge on any atom is -0.508 e. The lowest BCUT2D eigenvalue weighted by Crippen LogP contribution is -2.00. The fraction of sp³-hybridized carbons (Fsp3) is 0. The van der Waals surface area contributed by atoms with E-state index in [0.29, 0.717) is 5.56 Å². The molecule has 13 heavy (non-hydrogen) atoms. The van der Waals surface area contributed by atoms with Gasteiger partial charge in [-0.3, -0.25) is 0 Å². The van der Waals surface area contributed by atoms with Gasteiger partial charge < -0.3 is 15.9 Å². The lowest BCUT2D eigenvalue weighted by molar-refractivity contribution is -0.131. The number of carboxylic acids is 1. The summed E-state index contributed by atoms with van der Waals surface area (Å²) in [7, 11) is 0. The van der Waals surface area contributed by atoms with E-state index in [4.69, 9.17) is 15.9 Å². The van der Waals surface area contributed by atoms with E-state index in [1.807, 2.05) is 0 Å². The Hall–Kier alpha value is -1.97. The first-order chi connectivity index (χ1) is 6.09. The van der Waals surface area contributed by atoms with E-state index in [1.54, 1.807) is 12.1 Å². The molecule has 0 bridgehead atoms. The maximum atomic E-state index is 10.2. The number of phenolic OH excluding ortho intramolecular Hbond substituents is 1. The van der Waals surface area contributed by atoms with E-state index in [2.05, 4.69) is 0 Å². The van der Waals surface area contributed by atoms with Gasteiger partial charge in [0.1, 0.15) is 5.75 Å². The Kier molecular flexibility index (Phi) is 2.54. The van der Waals surface area contributed by atoms with Crippen molar-refractivity contribution in [2.24, 2.45) is 5.73 Å². The maximum absolute atomic E-state index is 10.2. The molecule has 1 aromatic carbocycles. The SMILES string of the molecule is NC(=CC(=O)O)c1ccc(O)cc1. The van der Waals surface area contributed by atoms with Crippen molar-refractivity contribution >= 4 is 11.7 Å². The Bertz CT molecular complexity index is 340. The molecule has 1 aromatic rings. The van der Waals surface area contributed by atoms with E-state index in [-0.39, 0.29) is 11.4 Å². The number of nitrogens with two attached hydrogens (primary N) is 1. The van der Waals surface area contributed by atoms with Crippen molar-refractivity contribution in [3.8, 4) is 5.75 Å². The summed E-state index contributed by atoms with van der Waals surface area (Å²) in [6, 6.07) is 5.98. The van der Waals surface area contributed by atoms with Gasteiger partial charge in [-0.2, -0.15) is 0 Å². The molecule has 1 rings (SSSR count). The fourth-order valence-corrected chi connectivity index (χ4v) is 0.870. The minimum absolute atomic E-state index is 0.117. The molecule has 0 saturated carbocycles. The minimum atomic E-state index is -1.09. The Morgan fingerprint density at radius 3 is 2.31 bits per heavy atom. The second-order valence-electron chi connectivity index (χ2n) is 2.48. The Morgan fingerprint density at radius 1 is 1.31 bits per heavy atom. The van der Waals surface area contributed by atoms with E-state index < -0.39 is 5.97 Å². The van der Waals surface area contributed by atoms with Crippen molar-refractivity contribution in [2.45, 2.75) is 0 Å². The molecule has 0 amide bonds. The van der Waals surface area contributed by atoms with Gasteiger partial charge in [-0.05, 0) is 29.8 Å². The molecule has 0 saturated heterocycles. The molecule has 0 aliphatic carbocycles. The van der Waals surface area contributed by atoms with Crippen LogP contribution in [0.3, 0.4) is 0 Å². The number of carbonyl (C=O) groups is 1. The van der Waals surface area contributed by atoms with Crippen LogP contribution in [0.15, 0.2) is 30.3 Å². The quantitative estimate of drug-likeness (QED) is 0.585. The third kappa shape index (κ3) is 2.52. The van der Waals surface area contributed by atoms with Crippen molar-refractivity contribution in [3.05, 3.63) is 35.9 Å². The topological polar surface area (TPSA) is 83.6 Å². The number of carboxylic acid groups (broad SMARTS) is 1. The van der Waals surface area contributed by atoms with Gasteiger partial charge in [-0.15, -0.1) is 0 Å². The predicted octanol–water partition coefficient (Wildman–Crippen LogP) is 0.776. The van der Waals surface area contributed by atoms with Gasteiger partial charge in [0, 0.05) is 11.8 Å². The van der Waals surface area contributed by atoms with Gasteiger partial charge in [-0.1, -0.05) is 0 Å². The van der Waals surface area contributed by atoms with Crippen LogP contribution < -0.4 is 5.73 Å². The van der Waals surface area contributed by atoms with Crippen LogP contribution >= 0.6 is 0 Å². The molecule has 0 aromatic heterocycles. The summed E-state index contributed by atoms with van der Waals surface area (Å²) < 4.78 is 0. The monoisotopic (exact) mass is 179 g/mol. The highest BCUT2D eigenvalue weighted by Gasteiger charge is 1.98. The zero-order valence-corrected chi connectivity index (χ0v) is 6.77. The molecule has 0 aliphatic heterocycles. The van der Waals surface area contributed by atoms with Gasteiger partial charge in [0.15, 0.2) is 0 Å². The van der Waals surface area contributed by atoms with Crippen molar-refractivity contribution in [1.82, 2.24) is 0 Å². The van der Waals surface area contributed by atoms with E-state index in [0.717, 1.165) is 6.08 Å². The number of rotatable bonds is 2. The number of aliphatic carboxylic acids is 1. The summed E-state index contributed by atoms with van der Waals surface area (Å²) >= 11 is 0. The summed E-state index contributed by atoms with van der Waals surface area (Å²) in [4.78, 5) is 10.2. The molecule has 4 heteroatoms. The number of hydrogen-bond donors (Lipinski definition) is 3. The summed E-state index contributed by atoms with van der Waals surface area (Å²) in [5, 5.41) is 17.3. The van der Waals surface area contributed by atoms with Crippen LogP contribution in [0.5, 0.6) is 5.75 Å². The predicted molar refractivity (Wildman–Crippen MR) is 47.9 cm³/mol. The highest BCUT2D eigenvalue weighted by Crippen LogP contribution is 2.13. The average Bonchev–Trinajstić information content (AvgIpc) is 2.04. The fourth-order valence-electron chi connectivity index (χ4n) is 0.870. The van der Waals surface area contributed by atoms with Crippen LogP contribution in [0, 0.1) is 0 Å². The zero-order valence-electron chi connectivity index (χ0n) is 6.77. The number of hydrogen-bond acceptors (Lipinski definition) is 3. The second kappa shape index (κ2) is 3.62. The van der Waals surface area contributed by atoms with Gasteiger partial charge in [-0.25, -0.2) is 4.79 Å². The van der Waals surface area contributed by atoms with Crippen molar-refractivity contribution in [3.63, 3.8) is 0 Å². The van der Waals surface area contributed by atoms with E-state index in [1.165, 1.54) is 12.1 Å². The van der Waals surface area contributed by atoms with Crippen LogP contribution in [-0.2, 0) is 4.79 Å². The van der Waals surface area contributed by atoms with Gasteiger partial charge in [0.25, 0.3) is 0 Å². The summed E-state index contributed by atoms with van der Waals surface area (Å²) in [5.41, 5.74) is 6.17. The molecule has 68 valence electrons. The summed E-state index contributed by atoms with van der Waals surface area (Å²) in [5.74, 6) is -0.975. The molecule has 0 radical (unpaired) electrons. The zero-order chi connectivity index (χ0) is 9.84. The highest BCUT2D eigenvalue weighted by atomic mass is 16.4. The van der Waals surface area contributed by atoms with Crippen molar-refractivity contribution < 1.29 is 15.0 Å². The Labute approximate surface area is 74.9 Å². The molecule has 0 unspecified atom stereocenters. The standard InChI is InChI=1S/C9H9NO3/c10-8(5-9(12)13)6-1-3-7(11)4-2-6/h1-5,11H,10H2,(H,12,13). The summed E-state index contributed by atoms with van der Waals surface area (Å²) in [6.45, 7) is 0. The van der Waals surface area contributed by atoms with Crippen LogP contribution in [0.2, 0.25) is 0 Å². The van der Waals surface area contributed by atoms with Crippen molar-refractivity contribution in [2.75, 3.05) is 0 Å². The van der Waals surface area contributed by atoms with Crippen LogP contribution in [0.25, 0.3) is 5.70 Å². The molecule has 0 spiro atoms. The Morgan fingerprint density at radius 2 is 1.85 bits per heavy atom. The van der Waals surface area contributed by atoms with E-state index >= 15 is 0 Å². The third-order valence-corrected chi connectivity index (χ3v) is 1.48. The number of benzene rings is 1. The number of aromatic hydroxyl groups is 1. The molecule has 0 fully saturated rings. The summed E-state index contributed by atoms with van der Waals surface area (Å²) in [6.07, 6.45) is 0.909. The van der Waals surface area contributed by atoms with Crippen molar-refractivity contribution in [1.29, 1.82) is 0 Å². The van der Waals surface area contributed by atoms with Crippen LogP contribution in [-0.4, -0.2) is 16.2 Å². The first-order valence-corrected chi connectivity index (χ1v) is 3.59. The highest BCUT2D eigenvalue weighted by molar-refractivity contribution is 5.89. The van der Waals surface area contributed by atoms with Gasteiger partial charge >= 0.3 is 5.97 Å². The lowest BCUT2D eigenvalue weighted by Gasteiger charge is -1.99. The Balaban J connectivity index is 2.96. The molecule has 4 nitrogen and oxygen atoms in total. The average molecular weight is 179 g/mol. The maximum Gasteiger partial charge on any atom is 0.330 e. The van der Waals surface area contributed by atoms with Crippen LogP contribution in [0.1, 0.15) is 5.56 Å². The van der Waals surface area contributed by atoms with Crippen LogP contribution in [0.4, 0.5) is 0 Å². The normalized spacial score (nSPS) is 11.2. The first-order valence-electron chi connectivity index (χ1n) is 3.59. The molecule has 0 atom stereocenters. The van der Waals surface area contributed by atoms with Gasteiger partial charge in [0.05, 0.1) is 0 Å². The molecule has 0 heterocycles. The molecule has 4 N–H and O–H groups in total. The third-order valence-electron chi connectivity index (χ3n) is 1.48. The second-order valence-corrected chi connectivity index (χ2v) is 2.48. The molecule has 0 aliphatic rings.